The fraction of sp³-hybridized carbons (Fsp3) is 0.600. The van der Waals surface area contributed by atoms with Crippen molar-refractivity contribution in [2.75, 3.05) is 0 Å². The quantitative estimate of drug-likeness (QED) is 0.855. The van der Waals surface area contributed by atoms with Crippen molar-refractivity contribution in [1.29, 1.82) is 0 Å². The molecule has 0 spiro atoms. The molecular formula is C15H21F2N. The van der Waals surface area contributed by atoms with Crippen LogP contribution in [0.15, 0.2) is 18.2 Å². The molecular weight excluding hydrogens is 232 g/mol. The van der Waals surface area contributed by atoms with Crippen LogP contribution in [0.2, 0.25) is 0 Å². The third-order valence-corrected chi connectivity index (χ3v) is 4.41. The normalized spacial score (nSPS) is 32.5. The van der Waals surface area contributed by atoms with E-state index in [2.05, 4.69) is 13.8 Å². The Morgan fingerprint density at radius 1 is 1.28 bits per heavy atom. The topological polar surface area (TPSA) is 26.0 Å². The number of hydrogen-bond donors (Lipinski definition) is 1. The zero-order valence-corrected chi connectivity index (χ0v) is 11.0. The van der Waals surface area contributed by atoms with Crippen molar-refractivity contribution in [2.24, 2.45) is 17.6 Å². The van der Waals surface area contributed by atoms with Crippen LogP contribution in [0.4, 0.5) is 8.78 Å². The highest BCUT2D eigenvalue weighted by Gasteiger charge is 2.37. The molecule has 1 aliphatic carbocycles. The van der Waals surface area contributed by atoms with Crippen molar-refractivity contribution < 1.29 is 8.78 Å². The molecule has 2 rings (SSSR count). The maximum atomic E-state index is 13.7. The smallest absolute Gasteiger partial charge is 0.129 e. The third-order valence-electron chi connectivity index (χ3n) is 4.41. The Hall–Kier alpha value is -0.960. The Bertz CT molecular complexity index is 412. The second-order valence-corrected chi connectivity index (χ2v) is 5.89. The monoisotopic (exact) mass is 253 g/mol. The van der Waals surface area contributed by atoms with Crippen molar-refractivity contribution >= 4 is 0 Å². The molecule has 3 unspecified atom stereocenters. The molecule has 1 aliphatic rings. The first-order valence-electron chi connectivity index (χ1n) is 6.64. The molecule has 1 fully saturated rings. The lowest BCUT2D eigenvalue weighted by molar-refractivity contribution is 0.161. The Kier molecular flexibility index (Phi) is 3.71. The molecule has 1 aromatic carbocycles. The van der Waals surface area contributed by atoms with Crippen molar-refractivity contribution in [3.05, 3.63) is 35.4 Å². The molecule has 2 N–H and O–H groups in total. The fourth-order valence-electron chi connectivity index (χ4n) is 3.01. The Balaban J connectivity index is 2.22. The minimum atomic E-state index is -0.481. The predicted octanol–water partition coefficient (Wildman–Crippen LogP) is 3.66. The number of rotatable bonds is 2. The standard InChI is InChI=1S/C15H21F2N/c1-10-6-7-15(18,11(2)8-10)9-12-13(16)4-3-5-14(12)17/h3-5,10-11H,6-9,18H2,1-2H3. The van der Waals surface area contributed by atoms with Gasteiger partial charge >= 0.3 is 0 Å². The highest BCUT2D eigenvalue weighted by Crippen LogP contribution is 2.37. The minimum absolute atomic E-state index is 0.140. The Morgan fingerprint density at radius 3 is 2.44 bits per heavy atom. The van der Waals surface area contributed by atoms with Crippen molar-refractivity contribution in [3.63, 3.8) is 0 Å². The highest BCUT2D eigenvalue weighted by atomic mass is 19.1. The third kappa shape index (κ3) is 2.56. The van der Waals surface area contributed by atoms with E-state index in [1.165, 1.54) is 18.2 Å². The van der Waals surface area contributed by atoms with Gasteiger partial charge in [-0.3, -0.25) is 0 Å². The first kappa shape index (κ1) is 13.5. The fourth-order valence-corrected chi connectivity index (χ4v) is 3.01. The molecule has 0 radical (unpaired) electrons. The molecule has 1 nitrogen and oxygen atoms in total. The maximum Gasteiger partial charge on any atom is 0.129 e. The summed E-state index contributed by atoms with van der Waals surface area (Å²) in [6.07, 6.45) is 3.20. The molecule has 0 aromatic heterocycles. The summed E-state index contributed by atoms with van der Waals surface area (Å²) < 4.78 is 27.4. The largest absolute Gasteiger partial charge is 0.325 e. The Labute approximate surface area is 107 Å². The lowest BCUT2D eigenvalue weighted by Crippen LogP contribution is -2.51. The zero-order valence-electron chi connectivity index (χ0n) is 11.0. The maximum absolute atomic E-state index is 13.7. The van der Waals surface area contributed by atoms with Crippen LogP contribution in [0.5, 0.6) is 0 Å². The van der Waals surface area contributed by atoms with Gasteiger partial charge < -0.3 is 5.73 Å². The van der Waals surface area contributed by atoms with E-state index in [4.69, 9.17) is 5.73 Å². The Morgan fingerprint density at radius 2 is 1.89 bits per heavy atom. The molecule has 0 saturated heterocycles. The molecule has 0 bridgehead atoms. The predicted molar refractivity (Wildman–Crippen MR) is 69.2 cm³/mol. The highest BCUT2D eigenvalue weighted by molar-refractivity contribution is 5.22. The van der Waals surface area contributed by atoms with E-state index < -0.39 is 17.2 Å². The van der Waals surface area contributed by atoms with Gasteiger partial charge in [-0.15, -0.1) is 0 Å². The minimum Gasteiger partial charge on any atom is -0.325 e. The molecule has 0 amide bonds. The summed E-state index contributed by atoms with van der Waals surface area (Å²) in [5.41, 5.74) is 6.06. The summed E-state index contributed by atoms with van der Waals surface area (Å²) in [7, 11) is 0. The summed E-state index contributed by atoms with van der Waals surface area (Å²) in [5.74, 6) is -0.0151. The molecule has 18 heavy (non-hydrogen) atoms. The van der Waals surface area contributed by atoms with Crippen molar-refractivity contribution in [2.45, 2.75) is 45.1 Å². The van der Waals surface area contributed by atoms with Gasteiger partial charge in [0.25, 0.3) is 0 Å². The van der Waals surface area contributed by atoms with E-state index in [-0.39, 0.29) is 5.56 Å². The molecule has 1 saturated carbocycles. The van der Waals surface area contributed by atoms with Gasteiger partial charge in [0.2, 0.25) is 0 Å². The van der Waals surface area contributed by atoms with Gasteiger partial charge in [0.1, 0.15) is 11.6 Å². The van der Waals surface area contributed by atoms with E-state index in [1.807, 2.05) is 0 Å². The van der Waals surface area contributed by atoms with Crippen LogP contribution in [0.25, 0.3) is 0 Å². The molecule has 3 heteroatoms. The van der Waals surface area contributed by atoms with Crippen molar-refractivity contribution in [1.82, 2.24) is 0 Å². The number of halogens is 2. The molecule has 3 atom stereocenters. The van der Waals surface area contributed by atoms with Crippen LogP contribution < -0.4 is 5.73 Å². The molecule has 0 aliphatic heterocycles. The summed E-state index contributed by atoms with van der Waals surface area (Å²) in [4.78, 5) is 0. The zero-order chi connectivity index (χ0) is 13.3. The van der Waals surface area contributed by atoms with Gasteiger partial charge in [-0.05, 0) is 49.7 Å². The van der Waals surface area contributed by atoms with E-state index in [9.17, 15) is 8.78 Å². The van der Waals surface area contributed by atoms with Gasteiger partial charge in [-0.1, -0.05) is 19.9 Å². The summed E-state index contributed by atoms with van der Waals surface area (Å²) in [6, 6.07) is 4.00. The van der Waals surface area contributed by atoms with Gasteiger partial charge in [-0.2, -0.15) is 0 Å². The van der Waals surface area contributed by atoms with E-state index in [0.717, 1.165) is 19.3 Å². The first-order chi connectivity index (χ1) is 8.42. The molecule has 1 aromatic rings. The summed E-state index contributed by atoms with van der Waals surface area (Å²) in [5, 5.41) is 0. The van der Waals surface area contributed by atoms with E-state index in [0.29, 0.717) is 18.3 Å². The summed E-state index contributed by atoms with van der Waals surface area (Å²) >= 11 is 0. The first-order valence-corrected chi connectivity index (χ1v) is 6.64. The average Bonchev–Trinajstić information content (AvgIpc) is 2.30. The number of nitrogens with two attached hydrogens (primary N) is 1. The summed E-state index contributed by atoms with van der Waals surface area (Å²) in [6.45, 7) is 4.30. The second-order valence-electron chi connectivity index (χ2n) is 5.89. The second kappa shape index (κ2) is 4.96. The van der Waals surface area contributed by atoms with E-state index in [1.54, 1.807) is 0 Å². The lowest BCUT2D eigenvalue weighted by Gasteiger charge is -2.42. The van der Waals surface area contributed by atoms with Crippen LogP contribution >= 0.6 is 0 Å². The lowest BCUT2D eigenvalue weighted by atomic mass is 9.68. The van der Waals surface area contributed by atoms with E-state index >= 15 is 0 Å². The van der Waals surface area contributed by atoms with Gasteiger partial charge in [0.05, 0.1) is 0 Å². The van der Waals surface area contributed by atoms with Gasteiger partial charge in [-0.25, -0.2) is 8.78 Å². The van der Waals surface area contributed by atoms with Crippen LogP contribution in [0, 0.1) is 23.5 Å². The van der Waals surface area contributed by atoms with Crippen LogP contribution in [-0.4, -0.2) is 5.54 Å². The van der Waals surface area contributed by atoms with Crippen LogP contribution in [-0.2, 0) is 6.42 Å². The van der Waals surface area contributed by atoms with Crippen LogP contribution in [0.1, 0.15) is 38.7 Å². The van der Waals surface area contributed by atoms with Gasteiger partial charge in [0, 0.05) is 11.1 Å². The molecule has 0 heterocycles. The number of hydrogen-bond acceptors (Lipinski definition) is 1. The van der Waals surface area contributed by atoms with Crippen LogP contribution in [0.3, 0.4) is 0 Å². The molecule has 100 valence electrons. The van der Waals surface area contributed by atoms with Gasteiger partial charge in [0.15, 0.2) is 0 Å². The number of benzene rings is 1. The SMILES string of the molecule is CC1CCC(N)(Cc2c(F)cccc2F)C(C)C1. The van der Waals surface area contributed by atoms with Crippen molar-refractivity contribution in [3.8, 4) is 0 Å². The average molecular weight is 253 g/mol.